The number of carbonyl (C=O) groups is 3. The molecule has 1 saturated heterocycles. The summed E-state index contributed by atoms with van der Waals surface area (Å²) < 4.78 is 4.71. The van der Waals surface area contributed by atoms with Gasteiger partial charge in [0, 0.05) is 6.42 Å². The van der Waals surface area contributed by atoms with Crippen LogP contribution < -0.4 is 10.6 Å². The highest BCUT2D eigenvalue weighted by Gasteiger charge is 2.30. The predicted molar refractivity (Wildman–Crippen MR) is 73.9 cm³/mol. The van der Waals surface area contributed by atoms with E-state index in [2.05, 4.69) is 17.6 Å². The number of carbonyl (C=O) groups excluding carboxylic acids is 3. The number of esters is 1. The van der Waals surface area contributed by atoms with E-state index in [1.54, 1.807) is 0 Å². The summed E-state index contributed by atoms with van der Waals surface area (Å²) in [4.78, 5) is 34.7. The third kappa shape index (κ3) is 5.19. The zero-order chi connectivity index (χ0) is 15.0. The Kier molecular flexibility index (Phi) is 7.04. The molecule has 20 heavy (non-hydrogen) atoms. The molecule has 1 fully saturated rings. The number of unbranched alkanes of at least 4 members (excludes halogenated alkanes) is 3. The lowest BCUT2D eigenvalue weighted by Crippen LogP contribution is -2.49. The van der Waals surface area contributed by atoms with Crippen molar-refractivity contribution >= 4 is 17.8 Å². The number of amides is 2. The van der Waals surface area contributed by atoms with Crippen LogP contribution in [0.4, 0.5) is 0 Å². The molecule has 6 heteroatoms. The summed E-state index contributed by atoms with van der Waals surface area (Å²) in [6, 6.07) is -1.15. The Morgan fingerprint density at radius 1 is 1.40 bits per heavy atom. The second kappa shape index (κ2) is 8.55. The van der Waals surface area contributed by atoms with Crippen molar-refractivity contribution in [3.05, 3.63) is 0 Å². The van der Waals surface area contributed by atoms with Crippen molar-refractivity contribution in [3.8, 4) is 0 Å². The van der Waals surface area contributed by atoms with Crippen LogP contribution in [0.5, 0.6) is 0 Å². The van der Waals surface area contributed by atoms with E-state index >= 15 is 0 Å². The first-order valence-corrected chi connectivity index (χ1v) is 7.26. The highest BCUT2D eigenvalue weighted by atomic mass is 16.5. The Balaban J connectivity index is 2.44. The fourth-order valence-electron chi connectivity index (χ4n) is 2.25. The summed E-state index contributed by atoms with van der Waals surface area (Å²) in [5.74, 6) is -0.858. The van der Waals surface area contributed by atoms with Crippen LogP contribution in [0.3, 0.4) is 0 Å². The molecule has 0 unspecified atom stereocenters. The van der Waals surface area contributed by atoms with Crippen molar-refractivity contribution < 1.29 is 19.1 Å². The molecule has 1 heterocycles. The molecule has 0 aromatic carbocycles. The monoisotopic (exact) mass is 284 g/mol. The van der Waals surface area contributed by atoms with Crippen LogP contribution in [-0.4, -0.2) is 37.0 Å². The summed E-state index contributed by atoms with van der Waals surface area (Å²) in [5, 5.41) is 5.27. The van der Waals surface area contributed by atoms with Gasteiger partial charge in [-0.15, -0.1) is 0 Å². The van der Waals surface area contributed by atoms with Crippen molar-refractivity contribution in [2.24, 2.45) is 0 Å². The Morgan fingerprint density at radius 3 is 2.70 bits per heavy atom. The lowest BCUT2D eigenvalue weighted by atomic mass is 10.1. The number of hydrogen-bond donors (Lipinski definition) is 2. The van der Waals surface area contributed by atoms with E-state index in [9.17, 15) is 14.4 Å². The van der Waals surface area contributed by atoms with Crippen LogP contribution in [0.1, 0.15) is 51.9 Å². The summed E-state index contributed by atoms with van der Waals surface area (Å²) in [6.45, 7) is 2.11. The SMILES string of the molecule is CCCCCC[C@@H](NC(=O)[C@H]1CCC(=O)N1)C(=O)OC. The first-order chi connectivity index (χ1) is 9.58. The third-order valence-electron chi connectivity index (χ3n) is 3.46. The van der Waals surface area contributed by atoms with Crippen molar-refractivity contribution in [2.75, 3.05) is 7.11 Å². The van der Waals surface area contributed by atoms with Crippen molar-refractivity contribution in [1.82, 2.24) is 10.6 Å². The first-order valence-electron chi connectivity index (χ1n) is 7.26. The number of methoxy groups -OCH3 is 1. The van der Waals surface area contributed by atoms with Gasteiger partial charge < -0.3 is 15.4 Å². The number of hydrogen-bond acceptors (Lipinski definition) is 4. The summed E-state index contributed by atoms with van der Waals surface area (Å²) >= 11 is 0. The van der Waals surface area contributed by atoms with Crippen LogP contribution in [0, 0.1) is 0 Å². The van der Waals surface area contributed by atoms with Gasteiger partial charge in [0.25, 0.3) is 0 Å². The van der Waals surface area contributed by atoms with E-state index < -0.39 is 18.1 Å². The van der Waals surface area contributed by atoms with E-state index in [-0.39, 0.29) is 11.8 Å². The van der Waals surface area contributed by atoms with E-state index in [0.717, 1.165) is 25.7 Å². The average molecular weight is 284 g/mol. The van der Waals surface area contributed by atoms with Gasteiger partial charge in [0.1, 0.15) is 12.1 Å². The molecule has 0 aromatic rings. The molecule has 0 aliphatic carbocycles. The molecular weight excluding hydrogens is 260 g/mol. The lowest BCUT2D eigenvalue weighted by molar-refractivity contribution is -0.145. The zero-order valence-electron chi connectivity index (χ0n) is 12.2. The van der Waals surface area contributed by atoms with Gasteiger partial charge in [-0.05, 0) is 12.8 Å². The minimum atomic E-state index is -0.623. The smallest absolute Gasteiger partial charge is 0.328 e. The quantitative estimate of drug-likeness (QED) is 0.512. The summed E-state index contributed by atoms with van der Waals surface area (Å²) in [7, 11) is 1.31. The standard InChI is InChI=1S/C14H24N2O4/c1-3-4-5-6-7-11(14(19)20-2)16-13(18)10-8-9-12(17)15-10/h10-11H,3-9H2,1-2H3,(H,15,17)(H,16,18)/t10-,11-/m1/s1. The Labute approximate surface area is 119 Å². The van der Waals surface area contributed by atoms with Gasteiger partial charge in [-0.25, -0.2) is 4.79 Å². The van der Waals surface area contributed by atoms with E-state index in [1.165, 1.54) is 7.11 Å². The van der Waals surface area contributed by atoms with Crippen molar-refractivity contribution in [1.29, 1.82) is 0 Å². The molecule has 0 aromatic heterocycles. The molecule has 2 N–H and O–H groups in total. The Morgan fingerprint density at radius 2 is 2.15 bits per heavy atom. The fraction of sp³-hybridized carbons (Fsp3) is 0.786. The number of rotatable bonds is 8. The second-order valence-electron chi connectivity index (χ2n) is 5.09. The largest absolute Gasteiger partial charge is 0.467 e. The molecule has 0 spiro atoms. The summed E-state index contributed by atoms with van der Waals surface area (Å²) in [6.07, 6.45) is 5.53. The maximum atomic E-state index is 12.0. The van der Waals surface area contributed by atoms with Gasteiger partial charge in [0.15, 0.2) is 0 Å². The molecule has 6 nitrogen and oxygen atoms in total. The first kappa shape index (κ1) is 16.5. The maximum absolute atomic E-state index is 12.0. The molecule has 0 radical (unpaired) electrons. The van der Waals surface area contributed by atoms with Gasteiger partial charge in [0.2, 0.25) is 11.8 Å². The Hall–Kier alpha value is -1.59. The fourth-order valence-corrected chi connectivity index (χ4v) is 2.25. The molecule has 1 aliphatic rings. The molecular formula is C14H24N2O4. The molecule has 2 amide bonds. The maximum Gasteiger partial charge on any atom is 0.328 e. The van der Waals surface area contributed by atoms with Crippen LogP contribution in [0.25, 0.3) is 0 Å². The average Bonchev–Trinajstić information content (AvgIpc) is 2.88. The molecule has 0 bridgehead atoms. The molecule has 114 valence electrons. The highest BCUT2D eigenvalue weighted by molar-refractivity contribution is 5.93. The van der Waals surface area contributed by atoms with Gasteiger partial charge in [-0.1, -0.05) is 32.6 Å². The molecule has 1 aliphatic heterocycles. The summed E-state index contributed by atoms with van der Waals surface area (Å²) in [5.41, 5.74) is 0. The van der Waals surface area contributed by atoms with Gasteiger partial charge in [0.05, 0.1) is 7.11 Å². The zero-order valence-corrected chi connectivity index (χ0v) is 12.2. The minimum absolute atomic E-state index is 0.122. The normalized spacial score (nSPS) is 19.3. The third-order valence-corrected chi connectivity index (χ3v) is 3.46. The van der Waals surface area contributed by atoms with Crippen molar-refractivity contribution in [2.45, 2.75) is 64.0 Å². The number of nitrogens with one attached hydrogen (secondary N) is 2. The second-order valence-corrected chi connectivity index (χ2v) is 5.09. The minimum Gasteiger partial charge on any atom is -0.467 e. The lowest BCUT2D eigenvalue weighted by Gasteiger charge is -2.18. The van der Waals surface area contributed by atoms with Gasteiger partial charge in [-0.3, -0.25) is 9.59 Å². The highest BCUT2D eigenvalue weighted by Crippen LogP contribution is 2.10. The Bertz CT molecular complexity index is 357. The molecule has 1 rings (SSSR count). The van der Waals surface area contributed by atoms with Crippen LogP contribution in [0.2, 0.25) is 0 Å². The van der Waals surface area contributed by atoms with Crippen molar-refractivity contribution in [3.63, 3.8) is 0 Å². The van der Waals surface area contributed by atoms with Crippen LogP contribution >= 0.6 is 0 Å². The number of ether oxygens (including phenoxy) is 1. The topological polar surface area (TPSA) is 84.5 Å². The van der Waals surface area contributed by atoms with Gasteiger partial charge >= 0.3 is 5.97 Å². The van der Waals surface area contributed by atoms with Crippen LogP contribution in [-0.2, 0) is 19.1 Å². The van der Waals surface area contributed by atoms with E-state index in [4.69, 9.17) is 4.74 Å². The predicted octanol–water partition coefficient (Wildman–Crippen LogP) is 0.893. The molecule has 2 atom stereocenters. The van der Waals surface area contributed by atoms with Crippen LogP contribution in [0.15, 0.2) is 0 Å². The van der Waals surface area contributed by atoms with E-state index in [0.29, 0.717) is 19.3 Å². The van der Waals surface area contributed by atoms with E-state index in [1.807, 2.05) is 0 Å². The van der Waals surface area contributed by atoms with Gasteiger partial charge in [-0.2, -0.15) is 0 Å². The molecule has 0 saturated carbocycles.